The number of amides is 2. The maximum absolute atomic E-state index is 12.3. The van der Waals surface area contributed by atoms with E-state index in [4.69, 9.17) is 17.3 Å². The minimum absolute atomic E-state index is 0.161. The van der Waals surface area contributed by atoms with Crippen molar-refractivity contribution in [2.45, 2.75) is 25.3 Å². The number of rotatable bonds is 1. The summed E-state index contributed by atoms with van der Waals surface area (Å²) in [5.41, 5.74) is 8.20. The fourth-order valence-corrected chi connectivity index (χ4v) is 2.96. The first kappa shape index (κ1) is 18.9. The van der Waals surface area contributed by atoms with Gasteiger partial charge in [-0.2, -0.15) is 0 Å². The second-order valence-corrected chi connectivity index (χ2v) is 6.44. The Morgan fingerprint density at radius 3 is 3.00 bits per heavy atom. The minimum Gasteiger partial charge on any atom is -0.453 e. The van der Waals surface area contributed by atoms with Gasteiger partial charge in [0.2, 0.25) is 5.91 Å². The van der Waals surface area contributed by atoms with Crippen molar-refractivity contribution in [1.29, 1.82) is 0 Å². The molecule has 1 aromatic heterocycles. The van der Waals surface area contributed by atoms with Crippen LogP contribution in [0.4, 0.5) is 16.2 Å². The summed E-state index contributed by atoms with van der Waals surface area (Å²) in [7, 11) is 1.27. The molecule has 2 heterocycles. The number of nitrogens with one attached hydrogen (secondary N) is 3. The zero-order chi connectivity index (χ0) is 19.4. The van der Waals surface area contributed by atoms with E-state index >= 15 is 0 Å². The van der Waals surface area contributed by atoms with Gasteiger partial charge in [0, 0.05) is 17.7 Å². The molecule has 0 unspecified atom stereocenters. The molecule has 142 valence electrons. The van der Waals surface area contributed by atoms with Crippen LogP contribution in [0.5, 0.6) is 0 Å². The molecule has 1 aliphatic rings. The standard InChI is InChI=1S/C18H20ClN5O3/c1-27-18(26)21-10-7-8-11-13(9-10)22-14(25)6-4-2-3-5-12(20)17-23-15(11)16(19)24-17/h2-3,7-9,12H,4-6,20H2,1H3,(H,21,26)(H,22,25)(H,23,24)/b3-2-/t12-/m0/s1. The van der Waals surface area contributed by atoms with E-state index in [9.17, 15) is 9.59 Å². The molecule has 0 aliphatic carbocycles. The second-order valence-electron chi connectivity index (χ2n) is 6.06. The zero-order valence-electron chi connectivity index (χ0n) is 14.7. The molecule has 0 fully saturated rings. The fourth-order valence-electron chi connectivity index (χ4n) is 2.72. The SMILES string of the molecule is COC(=O)Nc1ccc2c(c1)NC(=O)CC/C=C\C[C@H](N)c1nc-2c(Cl)[nH]1. The van der Waals surface area contributed by atoms with Crippen LogP contribution in [0, 0.1) is 0 Å². The molecule has 0 saturated carbocycles. The third-order valence-electron chi connectivity index (χ3n) is 4.10. The Hall–Kier alpha value is -2.84. The van der Waals surface area contributed by atoms with Gasteiger partial charge in [0.05, 0.1) is 18.8 Å². The third kappa shape index (κ3) is 4.47. The van der Waals surface area contributed by atoms with Crippen molar-refractivity contribution < 1.29 is 14.3 Å². The summed E-state index contributed by atoms with van der Waals surface area (Å²) in [6.07, 6.45) is 4.73. The molecule has 0 spiro atoms. The monoisotopic (exact) mass is 389 g/mol. The maximum atomic E-state index is 12.3. The Balaban J connectivity index is 2.06. The zero-order valence-corrected chi connectivity index (χ0v) is 15.5. The van der Waals surface area contributed by atoms with Crippen molar-refractivity contribution >= 4 is 35.0 Å². The number of hydrogen-bond acceptors (Lipinski definition) is 5. The predicted octanol–water partition coefficient (Wildman–Crippen LogP) is 3.59. The molecule has 1 aromatic carbocycles. The van der Waals surface area contributed by atoms with Crippen LogP contribution < -0.4 is 16.4 Å². The third-order valence-corrected chi connectivity index (χ3v) is 4.38. The number of methoxy groups -OCH3 is 1. The first-order chi connectivity index (χ1) is 13.0. The number of nitrogens with zero attached hydrogens (tertiary/aromatic N) is 1. The van der Waals surface area contributed by atoms with Crippen LogP contribution in [0.3, 0.4) is 0 Å². The molecule has 5 N–H and O–H groups in total. The van der Waals surface area contributed by atoms with Gasteiger partial charge in [0.1, 0.15) is 16.7 Å². The van der Waals surface area contributed by atoms with E-state index < -0.39 is 6.09 Å². The molecule has 2 aromatic rings. The van der Waals surface area contributed by atoms with Gasteiger partial charge in [-0.25, -0.2) is 9.78 Å². The average Bonchev–Trinajstić information content (AvgIpc) is 3.02. The van der Waals surface area contributed by atoms with Crippen molar-refractivity contribution in [3.05, 3.63) is 41.3 Å². The molecule has 0 saturated heterocycles. The van der Waals surface area contributed by atoms with Gasteiger partial charge < -0.3 is 20.8 Å². The summed E-state index contributed by atoms with van der Waals surface area (Å²) in [5.74, 6) is 0.402. The summed E-state index contributed by atoms with van der Waals surface area (Å²) >= 11 is 6.33. The highest BCUT2D eigenvalue weighted by Crippen LogP contribution is 2.35. The number of carbonyl (C=O) groups excluding carboxylic acids is 2. The number of imidazole rings is 1. The largest absolute Gasteiger partial charge is 0.453 e. The average molecular weight is 390 g/mol. The van der Waals surface area contributed by atoms with Crippen molar-refractivity contribution in [3.63, 3.8) is 0 Å². The Morgan fingerprint density at radius 2 is 2.22 bits per heavy atom. The molecule has 8 nitrogen and oxygen atoms in total. The molecule has 1 atom stereocenters. The van der Waals surface area contributed by atoms with Gasteiger partial charge >= 0.3 is 6.09 Å². The smallest absolute Gasteiger partial charge is 0.411 e. The maximum Gasteiger partial charge on any atom is 0.411 e. The Bertz CT molecular complexity index is 893. The summed E-state index contributed by atoms with van der Waals surface area (Å²) in [5, 5.41) is 5.75. The molecule has 2 bridgehead atoms. The van der Waals surface area contributed by atoms with Crippen LogP contribution in [0.1, 0.15) is 31.1 Å². The number of ether oxygens (including phenoxy) is 1. The Kier molecular flexibility index (Phi) is 5.78. The topological polar surface area (TPSA) is 122 Å². The van der Waals surface area contributed by atoms with Crippen LogP contribution in [0.25, 0.3) is 11.3 Å². The van der Waals surface area contributed by atoms with Crippen LogP contribution in [-0.2, 0) is 9.53 Å². The molecule has 2 amide bonds. The lowest BCUT2D eigenvalue weighted by Crippen LogP contribution is -2.14. The number of hydrogen-bond donors (Lipinski definition) is 4. The van der Waals surface area contributed by atoms with Gasteiger partial charge in [-0.3, -0.25) is 10.1 Å². The first-order valence-corrected chi connectivity index (χ1v) is 8.81. The Morgan fingerprint density at radius 1 is 1.41 bits per heavy atom. The number of carbonyl (C=O) groups is 2. The quantitative estimate of drug-likeness (QED) is 0.555. The normalized spacial score (nSPS) is 18.2. The van der Waals surface area contributed by atoms with E-state index in [0.717, 1.165) is 0 Å². The summed E-state index contributed by atoms with van der Waals surface area (Å²) < 4.78 is 4.60. The fraction of sp³-hybridized carbons (Fsp3) is 0.278. The minimum atomic E-state index is -0.609. The number of fused-ring (bicyclic) bond motifs is 4. The first-order valence-electron chi connectivity index (χ1n) is 8.43. The molecular formula is C18H20ClN5O3. The van der Waals surface area contributed by atoms with E-state index in [1.807, 2.05) is 12.2 Å². The number of nitrogens with two attached hydrogens (primary N) is 1. The number of benzene rings is 1. The number of aromatic nitrogens is 2. The molecule has 27 heavy (non-hydrogen) atoms. The highest BCUT2D eigenvalue weighted by atomic mass is 35.5. The number of halogens is 1. The summed E-state index contributed by atoms with van der Waals surface area (Å²) in [4.78, 5) is 31.3. The van der Waals surface area contributed by atoms with Crippen molar-refractivity contribution in [3.8, 4) is 11.3 Å². The van der Waals surface area contributed by atoms with Gasteiger partial charge in [-0.1, -0.05) is 23.8 Å². The highest BCUT2D eigenvalue weighted by Gasteiger charge is 2.19. The predicted molar refractivity (Wildman–Crippen MR) is 104 cm³/mol. The van der Waals surface area contributed by atoms with Gasteiger partial charge in [-0.15, -0.1) is 0 Å². The van der Waals surface area contributed by atoms with Crippen molar-refractivity contribution in [2.24, 2.45) is 5.73 Å². The molecule has 3 rings (SSSR count). The van der Waals surface area contributed by atoms with Crippen molar-refractivity contribution in [1.82, 2.24) is 9.97 Å². The van der Waals surface area contributed by atoms with Gasteiger partial charge in [0.25, 0.3) is 0 Å². The van der Waals surface area contributed by atoms with Crippen LogP contribution in [0.15, 0.2) is 30.4 Å². The lowest BCUT2D eigenvalue weighted by atomic mass is 10.1. The number of H-pyrrole nitrogens is 1. The molecule has 9 heteroatoms. The number of anilines is 2. The van der Waals surface area contributed by atoms with Gasteiger partial charge in [0.15, 0.2) is 0 Å². The summed E-state index contributed by atoms with van der Waals surface area (Å²) in [6, 6.07) is 4.69. The molecule has 0 radical (unpaired) electrons. The molecular weight excluding hydrogens is 370 g/mol. The summed E-state index contributed by atoms with van der Waals surface area (Å²) in [6.45, 7) is 0. The van der Waals surface area contributed by atoms with E-state index in [1.54, 1.807) is 18.2 Å². The Labute approximate surface area is 161 Å². The van der Waals surface area contributed by atoms with E-state index in [0.29, 0.717) is 52.9 Å². The van der Waals surface area contributed by atoms with Crippen LogP contribution >= 0.6 is 11.6 Å². The highest BCUT2D eigenvalue weighted by molar-refractivity contribution is 6.32. The van der Waals surface area contributed by atoms with E-state index in [1.165, 1.54) is 7.11 Å². The van der Waals surface area contributed by atoms with Crippen LogP contribution in [-0.4, -0.2) is 29.1 Å². The van der Waals surface area contributed by atoms with Gasteiger partial charge in [-0.05, 0) is 31.0 Å². The number of allylic oxidation sites excluding steroid dienone is 1. The lowest BCUT2D eigenvalue weighted by molar-refractivity contribution is -0.116. The van der Waals surface area contributed by atoms with Crippen LogP contribution in [0.2, 0.25) is 5.15 Å². The lowest BCUT2D eigenvalue weighted by Gasteiger charge is -2.12. The van der Waals surface area contributed by atoms with E-state index in [-0.39, 0.29) is 11.9 Å². The van der Waals surface area contributed by atoms with Crippen molar-refractivity contribution in [2.75, 3.05) is 17.7 Å². The van der Waals surface area contributed by atoms with E-state index in [2.05, 4.69) is 25.3 Å². The molecule has 1 aliphatic heterocycles. The second kappa shape index (κ2) is 8.24. The number of aromatic amines is 1.